The predicted octanol–water partition coefficient (Wildman–Crippen LogP) is 4.63. The average molecular weight is 333 g/mol. The van der Waals surface area contributed by atoms with Crippen LogP contribution in [0.25, 0.3) is 0 Å². The van der Waals surface area contributed by atoms with Gasteiger partial charge in [0.2, 0.25) is 0 Å². The minimum atomic E-state index is 0.426. The number of rotatable bonds is 6. The lowest BCUT2D eigenvalue weighted by molar-refractivity contribution is 0.00710. The lowest BCUT2D eigenvalue weighted by atomic mass is 9.61. The van der Waals surface area contributed by atoms with Crippen molar-refractivity contribution in [1.29, 1.82) is 0 Å². The molecule has 0 radical (unpaired) electrons. The highest BCUT2D eigenvalue weighted by Gasteiger charge is 2.60. The van der Waals surface area contributed by atoms with E-state index in [0.29, 0.717) is 6.10 Å². The van der Waals surface area contributed by atoms with Gasteiger partial charge in [-0.15, -0.1) is 0 Å². The molecular weight excluding hydrogens is 296 g/mol. The van der Waals surface area contributed by atoms with Crippen molar-refractivity contribution in [3.8, 4) is 0 Å². The fourth-order valence-electron chi connectivity index (χ4n) is 8.16. The molecule has 11 atom stereocenters. The van der Waals surface area contributed by atoms with Crippen LogP contribution in [0, 0.1) is 59.2 Å². The first kappa shape index (κ1) is 16.1. The first-order valence-corrected chi connectivity index (χ1v) is 10.9. The zero-order valence-electron chi connectivity index (χ0n) is 15.8. The van der Waals surface area contributed by atoms with E-state index < -0.39 is 0 Å². The SMILES string of the molecule is CCC1CC2CC1C(C1C3CC(COCC4CO4)C(C3)C1C)C2C. The predicted molar refractivity (Wildman–Crippen MR) is 95.6 cm³/mol. The Morgan fingerprint density at radius 1 is 0.833 bits per heavy atom. The maximum Gasteiger partial charge on any atom is 0.104 e. The molecule has 5 aliphatic rings. The van der Waals surface area contributed by atoms with Crippen LogP contribution in [-0.4, -0.2) is 25.9 Å². The quantitative estimate of drug-likeness (QED) is 0.662. The second-order valence-corrected chi connectivity index (χ2v) is 10.1. The lowest BCUT2D eigenvalue weighted by Gasteiger charge is -2.44. The molecule has 5 fully saturated rings. The molecule has 0 aromatic heterocycles. The Hall–Kier alpha value is -0.0800. The molecule has 2 heteroatoms. The molecule has 1 aliphatic heterocycles. The van der Waals surface area contributed by atoms with E-state index >= 15 is 0 Å². The largest absolute Gasteiger partial charge is 0.378 e. The minimum absolute atomic E-state index is 0.426. The number of fused-ring (bicyclic) bond motifs is 4. The van der Waals surface area contributed by atoms with Crippen molar-refractivity contribution in [2.75, 3.05) is 19.8 Å². The molecular formula is C22H36O2. The molecule has 0 N–H and O–H groups in total. The summed E-state index contributed by atoms with van der Waals surface area (Å²) in [5.41, 5.74) is 0. The fourth-order valence-corrected chi connectivity index (χ4v) is 8.16. The maximum atomic E-state index is 5.98. The van der Waals surface area contributed by atoms with Gasteiger partial charge in [0, 0.05) is 6.61 Å². The Morgan fingerprint density at radius 3 is 2.25 bits per heavy atom. The van der Waals surface area contributed by atoms with E-state index in [-0.39, 0.29) is 0 Å². The molecule has 0 aromatic carbocycles. The highest BCUT2D eigenvalue weighted by molar-refractivity contribution is 5.08. The Kier molecular flexibility index (Phi) is 4.02. The van der Waals surface area contributed by atoms with Crippen LogP contribution in [0.5, 0.6) is 0 Å². The average Bonchev–Trinajstić information content (AvgIpc) is 2.92. The van der Waals surface area contributed by atoms with Gasteiger partial charge in [-0.05, 0) is 84.9 Å². The molecule has 4 bridgehead atoms. The Labute approximate surface area is 148 Å². The van der Waals surface area contributed by atoms with Gasteiger partial charge in [0.25, 0.3) is 0 Å². The van der Waals surface area contributed by atoms with E-state index in [0.717, 1.165) is 79.0 Å². The number of hydrogen-bond acceptors (Lipinski definition) is 2. The van der Waals surface area contributed by atoms with Crippen molar-refractivity contribution in [3.05, 3.63) is 0 Å². The van der Waals surface area contributed by atoms with Crippen LogP contribution >= 0.6 is 0 Å². The van der Waals surface area contributed by atoms with Crippen LogP contribution in [0.1, 0.15) is 52.9 Å². The molecule has 11 unspecified atom stereocenters. The number of epoxide rings is 1. The van der Waals surface area contributed by atoms with Crippen molar-refractivity contribution >= 4 is 0 Å². The van der Waals surface area contributed by atoms with E-state index in [1.54, 1.807) is 12.8 Å². The molecule has 0 spiro atoms. The second-order valence-electron chi connectivity index (χ2n) is 10.1. The number of hydrogen-bond donors (Lipinski definition) is 0. The summed E-state index contributed by atoms with van der Waals surface area (Å²) in [5, 5.41) is 0. The van der Waals surface area contributed by atoms with Crippen LogP contribution < -0.4 is 0 Å². The van der Waals surface area contributed by atoms with Crippen LogP contribution in [-0.2, 0) is 9.47 Å². The lowest BCUT2D eigenvalue weighted by Crippen LogP contribution is -2.40. The first-order valence-electron chi connectivity index (χ1n) is 10.9. The normalized spacial score (nSPS) is 57.9. The van der Waals surface area contributed by atoms with Crippen molar-refractivity contribution in [2.45, 2.75) is 59.0 Å². The molecule has 1 heterocycles. The fraction of sp³-hybridized carbons (Fsp3) is 1.00. The van der Waals surface area contributed by atoms with Gasteiger partial charge in [-0.2, -0.15) is 0 Å². The van der Waals surface area contributed by atoms with E-state index in [1.807, 2.05) is 0 Å². The molecule has 5 rings (SSSR count). The topological polar surface area (TPSA) is 21.8 Å². The van der Waals surface area contributed by atoms with Gasteiger partial charge in [0.15, 0.2) is 0 Å². The zero-order chi connectivity index (χ0) is 16.4. The van der Waals surface area contributed by atoms with Gasteiger partial charge in [-0.1, -0.05) is 27.2 Å². The van der Waals surface area contributed by atoms with Crippen LogP contribution in [0.4, 0.5) is 0 Å². The molecule has 136 valence electrons. The van der Waals surface area contributed by atoms with Crippen LogP contribution in [0.3, 0.4) is 0 Å². The standard InChI is InChI=1S/C22H36O2/c1-4-14-5-15-7-20(14)22(12(15)2)21-13(3)19-8-16(21)6-17(19)9-23-10-18-11-24-18/h12-22H,4-11H2,1-3H3. The van der Waals surface area contributed by atoms with Gasteiger partial charge in [-0.3, -0.25) is 0 Å². The molecule has 4 saturated carbocycles. The summed E-state index contributed by atoms with van der Waals surface area (Å²) in [5.74, 6) is 10.0. The van der Waals surface area contributed by atoms with E-state index in [9.17, 15) is 0 Å². The first-order chi connectivity index (χ1) is 11.7. The van der Waals surface area contributed by atoms with E-state index in [4.69, 9.17) is 9.47 Å². The summed E-state index contributed by atoms with van der Waals surface area (Å²) in [4.78, 5) is 0. The zero-order valence-corrected chi connectivity index (χ0v) is 15.8. The number of ether oxygens (including phenoxy) is 2. The third kappa shape index (κ3) is 2.42. The smallest absolute Gasteiger partial charge is 0.104 e. The monoisotopic (exact) mass is 332 g/mol. The van der Waals surface area contributed by atoms with Crippen molar-refractivity contribution < 1.29 is 9.47 Å². The molecule has 0 amide bonds. The second kappa shape index (κ2) is 5.98. The van der Waals surface area contributed by atoms with Gasteiger partial charge in [-0.25, -0.2) is 0 Å². The van der Waals surface area contributed by atoms with Crippen LogP contribution in [0.15, 0.2) is 0 Å². The maximum absolute atomic E-state index is 5.98. The molecule has 1 saturated heterocycles. The molecule has 4 aliphatic carbocycles. The molecule has 0 aromatic rings. The third-order valence-corrected chi connectivity index (χ3v) is 9.25. The third-order valence-electron chi connectivity index (χ3n) is 9.25. The summed E-state index contributed by atoms with van der Waals surface area (Å²) in [7, 11) is 0. The van der Waals surface area contributed by atoms with Gasteiger partial charge in [0.05, 0.1) is 13.2 Å². The summed E-state index contributed by atoms with van der Waals surface area (Å²) in [6.07, 6.45) is 7.95. The van der Waals surface area contributed by atoms with Gasteiger partial charge >= 0.3 is 0 Å². The highest BCUT2D eigenvalue weighted by Crippen LogP contribution is 2.66. The Bertz CT molecular complexity index is 471. The molecule has 2 nitrogen and oxygen atoms in total. The Morgan fingerprint density at radius 2 is 1.58 bits per heavy atom. The van der Waals surface area contributed by atoms with Crippen molar-refractivity contribution in [3.63, 3.8) is 0 Å². The summed E-state index contributed by atoms with van der Waals surface area (Å²) in [6.45, 7) is 10.4. The highest BCUT2D eigenvalue weighted by atomic mass is 16.6. The summed E-state index contributed by atoms with van der Waals surface area (Å²) < 4.78 is 11.3. The van der Waals surface area contributed by atoms with Gasteiger partial charge < -0.3 is 9.47 Å². The van der Waals surface area contributed by atoms with Crippen molar-refractivity contribution in [2.24, 2.45) is 59.2 Å². The Balaban J connectivity index is 1.24. The van der Waals surface area contributed by atoms with Crippen molar-refractivity contribution in [1.82, 2.24) is 0 Å². The summed E-state index contributed by atoms with van der Waals surface area (Å²) in [6, 6.07) is 0. The summed E-state index contributed by atoms with van der Waals surface area (Å²) >= 11 is 0. The van der Waals surface area contributed by atoms with E-state index in [2.05, 4.69) is 20.8 Å². The molecule has 24 heavy (non-hydrogen) atoms. The van der Waals surface area contributed by atoms with Crippen LogP contribution in [0.2, 0.25) is 0 Å². The van der Waals surface area contributed by atoms with E-state index in [1.165, 1.54) is 19.3 Å². The van der Waals surface area contributed by atoms with Gasteiger partial charge in [0.1, 0.15) is 6.10 Å². The minimum Gasteiger partial charge on any atom is -0.378 e.